The third-order valence-corrected chi connectivity index (χ3v) is 4.43. The van der Waals surface area contributed by atoms with Gasteiger partial charge in [0.05, 0.1) is 19.1 Å². The maximum absolute atomic E-state index is 12.8. The van der Waals surface area contributed by atoms with E-state index in [1.807, 2.05) is 32.9 Å². The highest BCUT2D eigenvalue weighted by Crippen LogP contribution is 2.23. The number of carbonyl (C=O) groups excluding carboxylic acids is 3. The second-order valence-electron chi connectivity index (χ2n) is 7.27. The van der Waals surface area contributed by atoms with Crippen molar-refractivity contribution in [1.82, 2.24) is 10.3 Å². The molecule has 1 heterocycles. The molecule has 0 saturated heterocycles. The van der Waals surface area contributed by atoms with Gasteiger partial charge >= 0.3 is 5.97 Å². The number of aryl methyl sites for hydroxylation is 1. The molecule has 1 aromatic carbocycles. The van der Waals surface area contributed by atoms with Crippen LogP contribution in [0.2, 0.25) is 0 Å². The molecule has 0 atom stereocenters. The summed E-state index contributed by atoms with van der Waals surface area (Å²) in [5, 5.41) is 5.69. The third-order valence-electron chi connectivity index (χ3n) is 4.43. The molecule has 156 valence electrons. The Labute approximate surface area is 171 Å². The normalized spacial score (nSPS) is 10.7. The zero-order valence-electron chi connectivity index (χ0n) is 17.6. The van der Waals surface area contributed by atoms with Crippen LogP contribution in [0.15, 0.2) is 24.3 Å². The van der Waals surface area contributed by atoms with Crippen molar-refractivity contribution in [2.24, 2.45) is 0 Å². The van der Waals surface area contributed by atoms with Crippen molar-refractivity contribution < 1.29 is 19.1 Å². The molecule has 0 saturated carbocycles. The van der Waals surface area contributed by atoms with Crippen LogP contribution < -0.4 is 10.6 Å². The van der Waals surface area contributed by atoms with Gasteiger partial charge in [0.1, 0.15) is 5.69 Å². The molecule has 0 radical (unpaired) electrons. The Morgan fingerprint density at radius 3 is 2.34 bits per heavy atom. The van der Waals surface area contributed by atoms with Gasteiger partial charge in [0.25, 0.3) is 5.91 Å². The van der Waals surface area contributed by atoms with Crippen LogP contribution in [0.5, 0.6) is 0 Å². The fourth-order valence-corrected chi connectivity index (χ4v) is 3.21. The fourth-order valence-electron chi connectivity index (χ4n) is 3.21. The molecule has 2 rings (SSSR count). The summed E-state index contributed by atoms with van der Waals surface area (Å²) in [6, 6.07) is 7.22. The van der Waals surface area contributed by atoms with Gasteiger partial charge in [-0.3, -0.25) is 9.59 Å². The first-order chi connectivity index (χ1) is 13.8. The van der Waals surface area contributed by atoms with Gasteiger partial charge in [-0.25, -0.2) is 4.79 Å². The van der Waals surface area contributed by atoms with E-state index in [9.17, 15) is 14.4 Å². The molecule has 0 fully saturated rings. The molecule has 2 amide bonds. The highest BCUT2D eigenvalue weighted by atomic mass is 16.5. The van der Waals surface area contributed by atoms with Crippen LogP contribution in [-0.4, -0.2) is 35.9 Å². The fraction of sp³-hybridized carbons (Fsp3) is 0.409. The second-order valence-corrected chi connectivity index (χ2v) is 7.27. The van der Waals surface area contributed by atoms with E-state index < -0.39 is 5.97 Å². The van der Waals surface area contributed by atoms with E-state index in [0.717, 1.165) is 12.0 Å². The minimum atomic E-state index is -0.453. The average molecular weight is 399 g/mol. The number of aromatic amines is 1. The number of hydrogen-bond donors (Lipinski definition) is 3. The Balaban J connectivity index is 2.16. The number of H-pyrrole nitrogens is 1. The Hall–Kier alpha value is -3.09. The number of ether oxygens (including phenoxy) is 1. The van der Waals surface area contributed by atoms with Crippen molar-refractivity contribution in [2.45, 2.75) is 53.0 Å². The van der Waals surface area contributed by atoms with E-state index in [0.29, 0.717) is 34.6 Å². The van der Waals surface area contributed by atoms with Gasteiger partial charge in [0.15, 0.2) is 0 Å². The summed E-state index contributed by atoms with van der Waals surface area (Å²) >= 11 is 0. The quantitative estimate of drug-likeness (QED) is 0.593. The van der Waals surface area contributed by atoms with Crippen LogP contribution in [-0.2, 0) is 22.4 Å². The molecule has 1 aromatic heterocycles. The molecular formula is C22H29N3O4. The first-order valence-corrected chi connectivity index (χ1v) is 9.76. The van der Waals surface area contributed by atoms with Gasteiger partial charge in [-0.05, 0) is 50.5 Å². The van der Waals surface area contributed by atoms with Crippen LogP contribution in [0, 0.1) is 6.92 Å². The largest absolute Gasteiger partial charge is 0.465 e. The van der Waals surface area contributed by atoms with Crippen LogP contribution >= 0.6 is 0 Å². The lowest BCUT2D eigenvalue weighted by molar-refractivity contribution is -0.120. The molecular weight excluding hydrogens is 370 g/mol. The lowest BCUT2D eigenvalue weighted by atomic mass is 10.0. The number of hydrogen-bond acceptors (Lipinski definition) is 4. The molecule has 0 aliphatic heterocycles. The number of anilines is 1. The number of nitrogens with one attached hydrogen (secondary N) is 3. The maximum Gasteiger partial charge on any atom is 0.339 e. The highest BCUT2D eigenvalue weighted by Gasteiger charge is 2.24. The van der Waals surface area contributed by atoms with Gasteiger partial charge in [-0.1, -0.05) is 25.5 Å². The molecule has 2 aromatic rings. The van der Waals surface area contributed by atoms with Crippen LogP contribution in [0.25, 0.3) is 0 Å². The van der Waals surface area contributed by atoms with Crippen LogP contribution in [0.1, 0.15) is 64.9 Å². The topological polar surface area (TPSA) is 100 Å². The zero-order chi connectivity index (χ0) is 21.6. The Bertz CT molecular complexity index is 882. The minimum absolute atomic E-state index is 0.0433. The van der Waals surface area contributed by atoms with E-state index in [-0.39, 0.29) is 24.3 Å². The van der Waals surface area contributed by atoms with E-state index in [1.54, 1.807) is 19.1 Å². The highest BCUT2D eigenvalue weighted by molar-refractivity contribution is 6.07. The number of amides is 2. The summed E-state index contributed by atoms with van der Waals surface area (Å²) < 4.78 is 4.86. The summed E-state index contributed by atoms with van der Waals surface area (Å²) in [6.45, 7) is 7.56. The van der Waals surface area contributed by atoms with E-state index in [1.165, 1.54) is 7.11 Å². The summed E-state index contributed by atoms with van der Waals surface area (Å²) in [6.07, 6.45) is 1.65. The van der Waals surface area contributed by atoms with Crippen molar-refractivity contribution in [3.8, 4) is 0 Å². The molecule has 0 aliphatic carbocycles. The van der Waals surface area contributed by atoms with Crippen LogP contribution in [0.4, 0.5) is 5.69 Å². The molecule has 0 unspecified atom stereocenters. The first-order valence-electron chi connectivity index (χ1n) is 9.76. The number of esters is 1. The van der Waals surface area contributed by atoms with Crippen molar-refractivity contribution in [3.05, 3.63) is 52.3 Å². The molecule has 7 nitrogen and oxygen atoms in total. The van der Waals surface area contributed by atoms with Gasteiger partial charge in [-0.2, -0.15) is 0 Å². The monoisotopic (exact) mass is 399 g/mol. The van der Waals surface area contributed by atoms with Gasteiger partial charge in [0.2, 0.25) is 5.91 Å². The van der Waals surface area contributed by atoms with E-state index in [2.05, 4.69) is 15.6 Å². The number of methoxy groups -OCH3 is 1. The minimum Gasteiger partial charge on any atom is -0.465 e. The van der Waals surface area contributed by atoms with E-state index >= 15 is 0 Å². The SMILES string of the molecule is CCCc1c(C(=O)Nc2ccc(CC(=O)NC(C)C)cc2)[nH]c(C)c1C(=O)OC. The third kappa shape index (κ3) is 5.70. The lowest BCUT2D eigenvalue weighted by Gasteiger charge is -2.10. The molecule has 0 aliphatic rings. The predicted molar refractivity (Wildman–Crippen MR) is 112 cm³/mol. The number of rotatable bonds is 8. The standard InChI is InChI=1S/C22H29N3O4/c1-6-7-17-19(22(28)29-5)14(4)24-20(17)21(27)25-16-10-8-15(9-11-16)12-18(26)23-13(2)3/h8-11,13,24H,6-7,12H2,1-5H3,(H,23,26)(H,25,27). The Morgan fingerprint density at radius 2 is 1.79 bits per heavy atom. The molecule has 3 N–H and O–H groups in total. The van der Waals surface area contributed by atoms with Crippen molar-refractivity contribution >= 4 is 23.5 Å². The van der Waals surface area contributed by atoms with E-state index in [4.69, 9.17) is 4.74 Å². The maximum atomic E-state index is 12.8. The Kier molecular flexibility index (Phi) is 7.59. The zero-order valence-corrected chi connectivity index (χ0v) is 17.6. The molecule has 0 spiro atoms. The average Bonchev–Trinajstić information content (AvgIpc) is 2.98. The number of aromatic nitrogens is 1. The summed E-state index contributed by atoms with van der Waals surface area (Å²) in [7, 11) is 1.33. The van der Waals surface area contributed by atoms with Gasteiger partial charge in [-0.15, -0.1) is 0 Å². The number of carbonyl (C=O) groups is 3. The smallest absolute Gasteiger partial charge is 0.339 e. The Morgan fingerprint density at radius 1 is 1.14 bits per heavy atom. The molecule has 29 heavy (non-hydrogen) atoms. The first kappa shape index (κ1) is 22.2. The summed E-state index contributed by atoms with van der Waals surface area (Å²) in [5.41, 5.74) is 3.53. The van der Waals surface area contributed by atoms with Gasteiger partial charge in [0, 0.05) is 17.4 Å². The predicted octanol–water partition coefficient (Wildman–Crippen LogP) is 3.38. The molecule has 0 bridgehead atoms. The second kappa shape index (κ2) is 9.91. The van der Waals surface area contributed by atoms with Crippen molar-refractivity contribution in [3.63, 3.8) is 0 Å². The lowest BCUT2D eigenvalue weighted by Crippen LogP contribution is -2.31. The molecule has 7 heteroatoms. The van der Waals surface area contributed by atoms with Crippen molar-refractivity contribution in [1.29, 1.82) is 0 Å². The van der Waals surface area contributed by atoms with Crippen molar-refractivity contribution in [2.75, 3.05) is 12.4 Å². The summed E-state index contributed by atoms with van der Waals surface area (Å²) in [4.78, 5) is 39.8. The van der Waals surface area contributed by atoms with Crippen LogP contribution in [0.3, 0.4) is 0 Å². The van der Waals surface area contributed by atoms with Gasteiger partial charge < -0.3 is 20.4 Å². The number of benzene rings is 1. The summed E-state index contributed by atoms with van der Waals surface area (Å²) in [5.74, 6) is -0.819.